The van der Waals surface area contributed by atoms with Gasteiger partial charge in [0, 0.05) is 13.0 Å². The molecule has 0 radical (unpaired) electrons. The smallest absolute Gasteiger partial charge is 0.305 e. The zero-order chi connectivity index (χ0) is 14.1. The monoisotopic (exact) mass is 267 g/mol. The molecule has 0 aliphatic rings. The van der Waals surface area contributed by atoms with Crippen LogP contribution in [0.5, 0.6) is 5.88 Å². The van der Waals surface area contributed by atoms with Crippen molar-refractivity contribution in [3.8, 4) is 5.88 Å². The van der Waals surface area contributed by atoms with Gasteiger partial charge in [-0.15, -0.1) is 0 Å². The summed E-state index contributed by atoms with van der Waals surface area (Å²) < 4.78 is 10.1. The average Bonchev–Trinajstić information content (AvgIpc) is 2.39. The first-order valence-corrected chi connectivity index (χ1v) is 6.46. The molecule has 1 aromatic heterocycles. The van der Waals surface area contributed by atoms with Gasteiger partial charge in [-0.25, -0.2) is 0 Å². The Hall–Kier alpha value is -1.98. The Morgan fingerprint density at radius 3 is 2.84 bits per heavy atom. The molecule has 0 aliphatic carbocycles. The maximum Gasteiger partial charge on any atom is 0.305 e. The lowest BCUT2D eigenvalue weighted by atomic mass is 10.3. The lowest BCUT2D eigenvalue weighted by molar-refractivity contribution is -0.143. The lowest BCUT2D eigenvalue weighted by Gasteiger charge is -2.09. The molecule has 0 unspecified atom stereocenters. The van der Waals surface area contributed by atoms with E-state index in [1.165, 1.54) is 0 Å². The third-order valence-electron chi connectivity index (χ3n) is 2.34. The number of nitrogens with zero attached hydrogens (tertiary/aromatic N) is 1. The van der Waals surface area contributed by atoms with Crippen LogP contribution in [0.2, 0.25) is 0 Å². The summed E-state index contributed by atoms with van der Waals surface area (Å²) in [5, 5.41) is 3.11. The third kappa shape index (κ3) is 5.46. The Balaban J connectivity index is 2.37. The number of hydrogen-bond acceptors (Lipinski definition) is 6. The van der Waals surface area contributed by atoms with E-state index in [-0.39, 0.29) is 5.97 Å². The number of anilines is 2. The number of ether oxygens (including phenoxy) is 2. The predicted molar refractivity (Wildman–Crippen MR) is 74.2 cm³/mol. The van der Waals surface area contributed by atoms with Gasteiger partial charge in [-0.1, -0.05) is 0 Å². The lowest BCUT2D eigenvalue weighted by Crippen LogP contribution is -2.09. The van der Waals surface area contributed by atoms with Crippen LogP contribution in [0.4, 0.5) is 11.5 Å². The van der Waals surface area contributed by atoms with E-state index in [2.05, 4.69) is 10.3 Å². The summed E-state index contributed by atoms with van der Waals surface area (Å²) in [7, 11) is 0. The largest absolute Gasteiger partial charge is 0.476 e. The number of esters is 1. The molecule has 0 spiro atoms. The summed E-state index contributed by atoms with van der Waals surface area (Å²) in [6, 6.07) is 3.52. The molecule has 1 heterocycles. The topological polar surface area (TPSA) is 86.5 Å². The van der Waals surface area contributed by atoms with E-state index in [0.29, 0.717) is 50.0 Å². The number of carbonyl (C=O) groups excluding carboxylic acids is 1. The highest BCUT2D eigenvalue weighted by molar-refractivity contribution is 5.69. The fourth-order valence-electron chi connectivity index (χ4n) is 1.48. The minimum Gasteiger partial charge on any atom is -0.476 e. The van der Waals surface area contributed by atoms with Gasteiger partial charge in [0.25, 0.3) is 0 Å². The highest BCUT2D eigenvalue weighted by Crippen LogP contribution is 2.20. The molecule has 6 heteroatoms. The van der Waals surface area contributed by atoms with Crippen molar-refractivity contribution < 1.29 is 14.3 Å². The first kappa shape index (κ1) is 15.1. The van der Waals surface area contributed by atoms with E-state index in [9.17, 15) is 4.79 Å². The average molecular weight is 267 g/mol. The molecule has 0 saturated carbocycles. The van der Waals surface area contributed by atoms with Gasteiger partial charge in [0.1, 0.15) is 5.82 Å². The van der Waals surface area contributed by atoms with E-state index in [4.69, 9.17) is 15.2 Å². The maximum absolute atomic E-state index is 11.1. The number of rotatable bonds is 8. The van der Waals surface area contributed by atoms with Crippen molar-refractivity contribution in [3.63, 3.8) is 0 Å². The Bertz CT molecular complexity index is 410. The van der Waals surface area contributed by atoms with Crippen LogP contribution in [-0.4, -0.2) is 30.7 Å². The van der Waals surface area contributed by atoms with Crippen molar-refractivity contribution >= 4 is 17.5 Å². The van der Waals surface area contributed by atoms with E-state index < -0.39 is 0 Å². The maximum atomic E-state index is 11.1. The summed E-state index contributed by atoms with van der Waals surface area (Å²) in [5.74, 6) is 0.934. The Labute approximate surface area is 113 Å². The van der Waals surface area contributed by atoms with E-state index in [0.717, 1.165) is 0 Å². The summed E-state index contributed by atoms with van der Waals surface area (Å²) in [6.07, 6.45) is 1.09. The fourth-order valence-corrected chi connectivity index (χ4v) is 1.48. The fraction of sp³-hybridized carbons (Fsp3) is 0.538. The zero-order valence-electron chi connectivity index (χ0n) is 11.4. The van der Waals surface area contributed by atoms with Crippen LogP contribution in [0.15, 0.2) is 12.1 Å². The number of nitrogens with one attached hydrogen (secondary N) is 1. The van der Waals surface area contributed by atoms with E-state index in [1.807, 2.05) is 6.92 Å². The van der Waals surface area contributed by atoms with Gasteiger partial charge in [0.15, 0.2) is 0 Å². The van der Waals surface area contributed by atoms with Gasteiger partial charge in [-0.05, 0) is 32.4 Å². The molecule has 0 atom stereocenters. The number of nitrogens with two attached hydrogens (primary N) is 1. The van der Waals surface area contributed by atoms with Crippen molar-refractivity contribution in [2.75, 3.05) is 30.8 Å². The van der Waals surface area contributed by atoms with Crippen LogP contribution in [0, 0.1) is 0 Å². The quantitative estimate of drug-likeness (QED) is 0.552. The molecule has 1 rings (SSSR count). The van der Waals surface area contributed by atoms with Gasteiger partial charge in [0.05, 0.1) is 18.9 Å². The van der Waals surface area contributed by atoms with Gasteiger partial charge in [-0.2, -0.15) is 4.98 Å². The Kier molecular flexibility index (Phi) is 6.49. The molecule has 0 amide bonds. The SMILES string of the molecule is CCOC(=O)CCCNc1ccc(N)c(OCC)n1. The second-order valence-electron chi connectivity index (χ2n) is 3.86. The molecule has 0 aromatic carbocycles. The number of aromatic nitrogens is 1. The number of hydrogen-bond donors (Lipinski definition) is 2. The van der Waals surface area contributed by atoms with E-state index in [1.54, 1.807) is 19.1 Å². The van der Waals surface area contributed by atoms with Crippen LogP contribution in [0.25, 0.3) is 0 Å². The Morgan fingerprint density at radius 1 is 1.37 bits per heavy atom. The molecule has 0 fully saturated rings. The molecule has 1 aromatic rings. The third-order valence-corrected chi connectivity index (χ3v) is 2.34. The van der Waals surface area contributed by atoms with Crippen LogP contribution in [-0.2, 0) is 9.53 Å². The van der Waals surface area contributed by atoms with Crippen molar-refractivity contribution in [1.82, 2.24) is 4.98 Å². The highest BCUT2D eigenvalue weighted by atomic mass is 16.5. The second kappa shape index (κ2) is 8.18. The summed E-state index contributed by atoms with van der Waals surface area (Å²) in [4.78, 5) is 15.4. The first-order chi connectivity index (χ1) is 9.17. The van der Waals surface area contributed by atoms with Gasteiger partial charge >= 0.3 is 5.97 Å². The van der Waals surface area contributed by atoms with Gasteiger partial charge in [0.2, 0.25) is 5.88 Å². The van der Waals surface area contributed by atoms with Gasteiger partial charge < -0.3 is 20.5 Å². The normalized spacial score (nSPS) is 10.0. The number of pyridine rings is 1. The van der Waals surface area contributed by atoms with Crippen molar-refractivity contribution in [2.45, 2.75) is 26.7 Å². The number of nitrogen functional groups attached to an aromatic ring is 1. The van der Waals surface area contributed by atoms with Gasteiger partial charge in [-0.3, -0.25) is 4.79 Å². The van der Waals surface area contributed by atoms with Crippen LogP contribution in [0.3, 0.4) is 0 Å². The minimum absolute atomic E-state index is 0.176. The molecule has 19 heavy (non-hydrogen) atoms. The standard InChI is InChI=1S/C13H21N3O3/c1-3-18-12(17)6-5-9-15-11-8-7-10(14)13(16-11)19-4-2/h7-8H,3-6,9,14H2,1-2H3,(H,15,16). The van der Waals surface area contributed by atoms with Crippen LogP contribution >= 0.6 is 0 Å². The molecule has 0 aliphatic heterocycles. The van der Waals surface area contributed by atoms with Crippen molar-refractivity contribution in [1.29, 1.82) is 0 Å². The zero-order valence-corrected chi connectivity index (χ0v) is 11.4. The summed E-state index contributed by atoms with van der Waals surface area (Å²) >= 11 is 0. The summed E-state index contributed by atoms with van der Waals surface area (Å²) in [6.45, 7) is 5.25. The molecular formula is C13H21N3O3. The molecule has 6 nitrogen and oxygen atoms in total. The highest BCUT2D eigenvalue weighted by Gasteiger charge is 2.04. The number of carbonyl (C=O) groups is 1. The van der Waals surface area contributed by atoms with E-state index >= 15 is 0 Å². The summed E-state index contributed by atoms with van der Waals surface area (Å²) in [5.41, 5.74) is 6.24. The second-order valence-corrected chi connectivity index (χ2v) is 3.86. The van der Waals surface area contributed by atoms with Crippen LogP contribution in [0.1, 0.15) is 26.7 Å². The van der Waals surface area contributed by atoms with Crippen LogP contribution < -0.4 is 15.8 Å². The molecule has 0 saturated heterocycles. The molecular weight excluding hydrogens is 246 g/mol. The Morgan fingerprint density at radius 2 is 2.16 bits per heavy atom. The first-order valence-electron chi connectivity index (χ1n) is 6.46. The molecule has 106 valence electrons. The predicted octanol–water partition coefficient (Wildman–Crippen LogP) is 1.82. The van der Waals surface area contributed by atoms with Crippen molar-refractivity contribution in [2.24, 2.45) is 0 Å². The van der Waals surface area contributed by atoms with Crippen molar-refractivity contribution in [3.05, 3.63) is 12.1 Å². The minimum atomic E-state index is -0.176. The molecule has 0 bridgehead atoms. The molecule has 3 N–H and O–H groups in total.